The standard InChI is InChI=1S/C18H30N2/c1-15-8-7-9-18(12-15)17(3)19-13-16(2)14-20-10-5-4-6-11-20/h7-9,12,16-17,19H,4-6,10-11,13-14H2,1-3H3. The molecular formula is C18H30N2. The molecule has 1 aliphatic rings. The Morgan fingerprint density at radius 3 is 2.60 bits per heavy atom. The molecule has 1 aromatic rings. The highest BCUT2D eigenvalue weighted by molar-refractivity contribution is 5.24. The van der Waals surface area contributed by atoms with Crippen molar-refractivity contribution in [1.82, 2.24) is 10.2 Å². The van der Waals surface area contributed by atoms with E-state index in [0.29, 0.717) is 6.04 Å². The highest BCUT2D eigenvalue weighted by Crippen LogP contribution is 2.15. The van der Waals surface area contributed by atoms with Crippen LogP contribution >= 0.6 is 0 Å². The normalized spacial score (nSPS) is 19.8. The van der Waals surface area contributed by atoms with Crippen LogP contribution in [0, 0.1) is 12.8 Å². The number of aryl methyl sites for hydroxylation is 1. The fourth-order valence-corrected chi connectivity index (χ4v) is 3.08. The van der Waals surface area contributed by atoms with Gasteiger partial charge in [0.2, 0.25) is 0 Å². The number of hydrogen-bond donors (Lipinski definition) is 1. The van der Waals surface area contributed by atoms with Gasteiger partial charge in [0, 0.05) is 12.6 Å². The van der Waals surface area contributed by atoms with Crippen molar-refractivity contribution < 1.29 is 0 Å². The largest absolute Gasteiger partial charge is 0.310 e. The number of likely N-dealkylation sites (tertiary alicyclic amines) is 1. The summed E-state index contributed by atoms with van der Waals surface area (Å²) in [6.45, 7) is 11.7. The Bertz CT molecular complexity index is 396. The fourth-order valence-electron chi connectivity index (χ4n) is 3.08. The van der Waals surface area contributed by atoms with Crippen molar-refractivity contribution in [1.29, 1.82) is 0 Å². The van der Waals surface area contributed by atoms with E-state index in [2.05, 4.69) is 55.3 Å². The minimum absolute atomic E-state index is 0.443. The molecule has 1 fully saturated rings. The van der Waals surface area contributed by atoms with Crippen LogP contribution in [0.5, 0.6) is 0 Å². The molecule has 112 valence electrons. The molecule has 1 aromatic carbocycles. The van der Waals surface area contributed by atoms with Crippen LogP contribution in [-0.2, 0) is 0 Å². The molecule has 2 nitrogen and oxygen atoms in total. The molecule has 1 N–H and O–H groups in total. The molecule has 0 saturated carbocycles. The van der Waals surface area contributed by atoms with E-state index in [1.807, 2.05) is 0 Å². The molecule has 0 bridgehead atoms. The van der Waals surface area contributed by atoms with Crippen LogP contribution in [0.25, 0.3) is 0 Å². The first-order chi connectivity index (χ1) is 9.65. The predicted octanol–water partition coefficient (Wildman–Crippen LogP) is 3.77. The van der Waals surface area contributed by atoms with Crippen LogP contribution in [0.2, 0.25) is 0 Å². The van der Waals surface area contributed by atoms with Gasteiger partial charge in [-0.3, -0.25) is 0 Å². The van der Waals surface area contributed by atoms with E-state index in [4.69, 9.17) is 0 Å². The smallest absolute Gasteiger partial charge is 0.0292 e. The van der Waals surface area contributed by atoms with Crippen LogP contribution in [0.3, 0.4) is 0 Å². The topological polar surface area (TPSA) is 15.3 Å². The summed E-state index contributed by atoms with van der Waals surface area (Å²) < 4.78 is 0. The Morgan fingerprint density at radius 2 is 1.90 bits per heavy atom. The molecule has 2 heteroatoms. The van der Waals surface area contributed by atoms with Gasteiger partial charge in [-0.25, -0.2) is 0 Å². The SMILES string of the molecule is Cc1cccc(C(C)NCC(C)CN2CCCCC2)c1. The van der Waals surface area contributed by atoms with E-state index in [1.165, 1.54) is 50.0 Å². The predicted molar refractivity (Wildman–Crippen MR) is 87.1 cm³/mol. The minimum atomic E-state index is 0.443. The van der Waals surface area contributed by atoms with E-state index in [9.17, 15) is 0 Å². The van der Waals surface area contributed by atoms with Crippen molar-refractivity contribution in [3.05, 3.63) is 35.4 Å². The summed E-state index contributed by atoms with van der Waals surface area (Å²) in [5.41, 5.74) is 2.74. The van der Waals surface area contributed by atoms with Crippen LogP contribution in [0.15, 0.2) is 24.3 Å². The minimum Gasteiger partial charge on any atom is -0.310 e. The van der Waals surface area contributed by atoms with Gasteiger partial charge in [0.1, 0.15) is 0 Å². The highest BCUT2D eigenvalue weighted by atomic mass is 15.1. The molecule has 0 spiro atoms. The zero-order chi connectivity index (χ0) is 14.4. The van der Waals surface area contributed by atoms with Crippen LogP contribution in [0.4, 0.5) is 0 Å². The second-order valence-electron chi connectivity index (χ2n) is 6.51. The lowest BCUT2D eigenvalue weighted by Gasteiger charge is -2.29. The maximum Gasteiger partial charge on any atom is 0.0292 e. The van der Waals surface area contributed by atoms with Gasteiger partial charge in [-0.2, -0.15) is 0 Å². The first kappa shape index (κ1) is 15.5. The number of piperidine rings is 1. The van der Waals surface area contributed by atoms with Gasteiger partial charge in [0.15, 0.2) is 0 Å². The van der Waals surface area contributed by atoms with Crippen molar-refractivity contribution in [2.45, 2.75) is 46.1 Å². The Labute approximate surface area is 124 Å². The molecule has 0 aromatic heterocycles. The number of nitrogens with zero attached hydrogens (tertiary/aromatic N) is 1. The molecule has 1 saturated heterocycles. The van der Waals surface area contributed by atoms with E-state index >= 15 is 0 Å². The first-order valence-corrected chi connectivity index (χ1v) is 8.17. The molecular weight excluding hydrogens is 244 g/mol. The number of rotatable bonds is 6. The summed E-state index contributed by atoms with van der Waals surface area (Å²) in [7, 11) is 0. The summed E-state index contributed by atoms with van der Waals surface area (Å²) in [6.07, 6.45) is 4.20. The molecule has 2 rings (SSSR count). The van der Waals surface area contributed by atoms with Crippen molar-refractivity contribution in [3.63, 3.8) is 0 Å². The monoisotopic (exact) mass is 274 g/mol. The summed E-state index contributed by atoms with van der Waals surface area (Å²) in [5.74, 6) is 0.723. The van der Waals surface area contributed by atoms with Crippen LogP contribution < -0.4 is 5.32 Å². The maximum absolute atomic E-state index is 3.69. The molecule has 20 heavy (non-hydrogen) atoms. The summed E-state index contributed by atoms with van der Waals surface area (Å²) in [5, 5.41) is 3.69. The van der Waals surface area contributed by atoms with Gasteiger partial charge in [-0.05, 0) is 57.8 Å². The van der Waals surface area contributed by atoms with E-state index in [0.717, 1.165) is 12.5 Å². The van der Waals surface area contributed by atoms with Crippen molar-refractivity contribution in [2.24, 2.45) is 5.92 Å². The molecule has 2 unspecified atom stereocenters. The second kappa shape index (κ2) is 7.80. The lowest BCUT2D eigenvalue weighted by atomic mass is 10.0. The summed E-state index contributed by atoms with van der Waals surface area (Å²) in [4.78, 5) is 2.63. The second-order valence-corrected chi connectivity index (χ2v) is 6.51. The first-order valence-electron chi connectivity index (χ1n) is 8.17. The molecule has 1 aliphatic heterocycles. The van der Waals surface area contributed by atoms with E-state index in [-0.39, 0.29) is 0 Å². The van der Waals surface area contributed by atoms with Gasteiger partial charge < -0.3 is 10.2 Å². The van der Waals surface area contributed by atoms with Gasteiger partial charge in [0.25, 0.3) is 0 Å². The Morgan fingerprint density at radius 1 is 1.15 bits per heavy atom. The fraction of sp³-hybridized carbons (Fsp3) is 0.667. The van der Waals surface area contributed by atoms with Gasteiger partial charge in [0.05, 0.1) is 0 Å². The lowest BCUT2D eigenvalue weighted by molar-refractivity contribution is 0.197. The zero-order valence-corrected chi connectivity index (χ0v) is 13.4. The molecule has 0 aliphatic carbocycles. The van der Waals surface area contributed by atoms with Crippen molar-refractivity contribution in [2.75, 3.05) is 26.2 Å². The van der Waals surface area contributed by atoms with E-state index < -0.39 is 0 Å². The van der Waals surface area contributed by atoms with Crippen molar-refractivity contribution in [3.8, 4) is 0 Å². The summed E-state index contributed by atoms with van der Waals surface area (Å²) in [6, 6.07) is 9.26. The number of hydrogen-bond acceptors (Lipinski definition) is 2. The average Bonchev–Trinajstić information content (AvgIpc) is 2.46. The summed E-state index contributed by atoms with van der Waals surface area (Å²) >= 11 is 0. The number of benzene rings is 1. The third-order valence-corrected chi connectivity index (χ3v) is 4.33. The molecule has 1 heterocycles. The third-order valence-electron chi connectivity index (χ3n) is 4.33. The number of nitrogens with one attached hydrogen (secondary N) is 1. The lowest BCUT2D eigenvalue weighted by Crippen LogP contribution is -2.37. The molecule has 0 radical (unpaired) electrons. The van der Waals surface area contributed by atoms with Gasteiger partial charge in [-0.1, -0.05) is 43.2 Å². The van der Waals surface area contributed by atoms with Crippen LogP contribution in [0.1, 0.15) is 50.3 Å². The molecule has 2 atom stereocenters. The maximum atomic E-state index is 3.69. The quantitative estimate of drug-likeness (QED) is 0.849. The highest BCUT2D eigenvalue weighted by Gasteiger charge is 2.14. The zero-order valence-electron chi connectivity index (χ0n) is 13.4. The molecule has 0 amide bonds. The van der Waals surface area contributed by atoms with Gasteiger partial charge >= 0.3 is 0 Å². The third kappa shape index (κ3) is 4.92. The van der Waals surface area contributed by atoms with Crippen molar-refractivity contribution >= 4 is 0 Å². The van der Waals surface area contributed by atoms with E-state index in [1.54, 1.807) is 0 Å². The van der Waals surface area contributed by atoms with Gasteiger partial charge in [-0.15, -0.1) is 0 Å². The Hall–Kier alpha value is -0.860. The van der Waals surface area contributed by atoms with Crippen LogP contribution in [-0.4, -0.2) is 31.1 Å². The average molecular weight is 274 g/mol. The Kier molecular flexibility index (Phi) is 6.06. The Balaban J connectivity index is 1.73.